The van der Waals surface area contributed by atoms with Crippen molar-refractivity contribution in [2.45, 2.75) is 31.8 Å². The molecule has 0 saturated heterocycles. The van der Waals surface area contributed by atoms with Gasteiger partial charge in [-0.05, 0) is 31.6 Å². The van der Waals surface area contributed by atoms with Crippen molar-refractivity contribution in [2.24, 2.45) is 5.92 Å². The van der Waals surface area contributed by atoms with Gasteiger partial charge >= 0.3 is 5.97 Å². The molecule has 1 fully saturated rings. The fourth-order valence-corrected chi connectivity index (χ4v) is 1.35. The molecule has 1 aliphatic rings. The normalized spacial score (nSPS) is 17.5. The summed E-state index contributed by atoms with van der Waals surface area (Å²) in [5, 5.41) is 0. The third kappa shape index (κ3) is 3.50. The predicted molar refractivity (Wildman–Crippen MR) is 53.9 cm³/mol. The summed E-state index contributed by atoms with van der Waals surface area (Å²) in [7, 11) is 1.41. The van der Waals surface area contributed by atoms with Crippen LogP contribution in [0.5, 0.6) is 0 Å². The van der Waals surface area contributed by atoms with Crippen molar-refractivity contribution >= 4 is 5.97 Å². The second kappa shape index (κ2) is 5.81. The maximum atomic E-state index is 11.3. The van der Waals surface area contributed by atoms with E-state index in [0.29, 0.717) is 12.5 Å². The number of methoxy groups -OCH3 is 1. The number of allylic oxidation sites excluding steroid dienone is 1. The summed E-state index contributed by atoms with van der Waals surface area (Å²) in [6.07, 6.45) is 5.54. The van der Waals surface area contributed by atoms with Gasteiger partial charge in [-0.3, -0.25) is 0 Å². The van der Waals surface area contributed by atoms with E-state index >= 15 is 0 Å². The second-order valence-electron chi connectivity index (χ2n) is 3.58. The molecule has 3 nitrogen and oxygen atoms in total. The van der Waals surface area contributed by atoms with Gasteiger partial charge in [-0.15, -0.1) is 6.58 Å². The predicted octanol–water partition coefficient (Wildman–Crippen LogP) is 1.92. The fourth-order valence-electron chi connectivity index (χ4n) is 1.35. The van der Waals surface area contributed by atoms with E-state index in [0.717, 1.165) is 25.7 Å². The standard InChI is InChI=1S/C11H18O3/c1-3-4-5-8-14-10(9-6-7-9)11(12)13-2/h3,9-10H,1,4-8H2,2H3. The maximum absolute atomic E-state index is 11.3. The summed E-state index contributed by atoms with van der Waals surface area (Å²) in [6, 6.07) is 0. The van der Waals surface area contributed by atoms with Crippen molar-refractivity contribution in [3.05, 3.63) is 12.7 Å². The molecule has 0 aromatic rings. The minimum atomic E-state index is -0.329. The zero-order valence-electron chi connectivity index (χ0n) is 8.70. The molecule has 0 N–H and O–H groups in total. The molecule has 0 bridgehead atoms. The molecule has 0 amide bonds. The van der Waals surface area contributed by atoms with Crippen LogP contribution in [0.4, 0.5) is 0 Å². The van der Waals surface area contributed by atoms with Gasteiger partial charge in [0.05, 0.1) is 7.11 Å². The summed E-state index contributed by atoms with van der Waals surface area (Å²) in [4.78, 5) is 11.3. The van der Waals surface area contributed by atoms with Gasteiger partial charge in [0, 0.05) is 6.61 Å². The smallest absolute Gasteiger partial charge is 0.335 e. The zero-order chi connectivity index (χ0) is 10.4. The Hall–Kier alpha value is -0.830. The van der Waals surface area contributed by atoms with Crippen molar-refractivity contribution < 1.29 is 14.3 Å². The molecule has 0 spiro atoms. The molecule has 0 radical (unpaired) electrons. The van der Waals surface area contributed by atoms with Crippen molar-refractivity contribution in [3.63, 3.8) is 0 Å². The van der Waals surface area contributed by atoms with Crippen LogP contribution in [0.2, 0.25) is 0 Å². The molecule has 0 aromatic carbocycles. The molecule has 0 aromatic heterocycles. The summed E-state index contributed by atoms with van der Waals surface area (Å²) < 4.78 is 10.2. The molecule has 1 saturated carbocycles. The molecule has 80 valence electrons. The van der Waals surface area contributed by atoms with E-state index in [2.05, 4.69) is 11.3 Å². The first-order valence-electron chi connectivity index (χ1n) is 5.10. The summed E-state index contributed by atoms with van der Waals surface area (Å²) in [6.45, 7) is 4.24. The molecule has 0 heterocycles. The van der Waals surface area contributed by atoms with Gasteiger partial charge in [0.25, 0.3) is 0 Å². The molecule has 1 aliphatic carbocycles. The lowest BCUT2D eigenvalue weighted by Gasteiger charge is -2.14. The van der Waals surface area contributed by atoms with E-state index in [4.69, 9.17) is 4.74 Å². The number of rotatable bonds is 7. The Kier molecular flexibility index (Phi) is 4.66. The van der Waals surface area contributed by atoms with E-state index in [1.165, 1.54) is 7.11 Å². The van der Waals surface area contributed by atoms with Gasteiger partial charge < -0.3 is 9.47 Å². The SMILES string of the molecule is C=CCCCOC(C(=O)OC)C1CC1. The fraction of sp³-hybridized carbons (Fsp3) is 0.727. The van der Waals surface area contributed by atoms with Crippen LogP contribution >= 0.6 is 0 Å². The van der Waals surface area contributed by atoms with E-state index in [1.54, 1.807) is 0 Å². The number of hydrogen-bond donors (Lipinski definition) is 0. The molecule has 3 heteroatoms. The Morgan fingerprint density at radius 1 is 1.64 bits per heavy atom. The van der Waals surface area contributed by atoms with Crippen molar-refractivity contribution in [2.75, 3.05) is 13.7 Å². The van der Waals surface area contributed by atoms with Crippen LogP contribution < -0.4 is 0 Å². The zero-order valence-corrected chi connectivity index (χ0v) is 8.70. The maximum Gasteiger partial charge on any atom is 0.335 e. The summed E-state index contributed by atoms with van der Waals surface area (Å²) >= 11 is 0. The highest BCUT2D eigenvalue weighted by atomic mass is 16.6. The minimum absolute atomic E-state index is 0.230. The van der Waals surface area contributed by atoms with Gasteiger partial charge in [0.15, 0.2) is 6.10 Å². The topological polar surface area (TPSA) is 35.5 Å². The van der Waals surface area contributed by atoms with E-state index < -0.39 is 0 Å². The van der Waals surface area contributed by atoms with Gasteiger partial charge in [0.1, 0.15) is 0 Å². The second-order valence-corrected chi connectivity index (χ2v) is 3.58. The lowest BCUT2D eigenvalue weighted by molar-refractivity contribution is -0.155. The number of carbonyl (C=O) groups is 1. The number of hydrogen-bond acceptors (Lipinski definition) is 3. The Morgan fingerprint density at radius 3 is 2.86 bits per heavy atom. The molecule has 0 aliphatic heterocycles. The number of esters is 1. The third-order valence-corrected chi connectivity index (χ3v) is 2.33. The van der Waals surface area contributed by atoms with Crippen LogP contribution in [0.15, 0.2) is 12.7 Å². The molecular weight excluding hydrogens is 180 g/mol. The van der Waals surface area contributed by atoms with E-state index in [1.807, 2.05) is 6.08 Å². The lowest BCUT2D eigenvalue weighted by atomic mass is 10.2. The van der Waals surface area contributed by atoms with Crippen LogP contribution in [-0.2, 0) is 14.3 Å². The Labute approximate surface area is 85.1 Å². The largest absolute Gasteiger partial charge is 0.467 e. The third-order valence-electron chi connectivity index (χ3n) is 2.33. The highest BCUT2D eigenvalue weighted by Gasteiger charge is 2.37. The first kappa shape index (κ1) is 11.2. The average molecular weight is 198 g/mol. The lowest BCUT2D eigenvalue weighted by Crippen LogP contribution is -2.28. The Bertz CT molecular complexity index is 197. The van der Waals surface area contributed by atoms with Crippen LogP contribution in [0.3, 0.4) is 0 Å². The van der Waals surface area contributed by atoms with Gasteiger partial charge in [-0.1, -0.05) is 6.08 Å². The van der Waals surface area contributed by atoms with Crippen molar-refractivity contribution in [3.8, 4) is 0 Å². The molecular formula is C11H18O3. The quantitative estimate of drug-likeness (QED) is 0.356. The molecule has 1 rings (SSSR count). The van der Waals surface area contributed by atoms with E-state index in [9.17, 15) is 4.79 Å². The number of ether oxygens (including phenoxy) is 2. The minimum Gasteiger partial charge on any atom is -0.467 e. The van der Waals surface area contributed by atoms with Crippen LogP contribution in [0.1, 0.15) is 25.7 Å². The highest BCUT2D eigenvalue weighted by Crippen LogP contribution is 2.34. The van der Waals surface area contributed by atoms with Gasteiger partial charge in [-0.2, -0.15) is 0 Å². The average Bonchev–Trinajstić information content (AvgIpc) is 3.01. The van der Waals surface area contributed by atoms with E-state index in [-0.39, 0.29) is 12.1 Å². The molecule has 1 unspecified atom stereocenters. The van der Waals surface area contributed by atoms with Crippen LogP contribution in [-0.4, -0.2) is 25.8 Å². The summed E-state index contributed by atoms with van der Waals surface area (Å²) in [5.41, 5.74) is 0. The van der Waals surface area contributed by atoms with Crippen molar-refractivity contribution in [1.29, 1.82) is 0 Å². The summed E-state index contributed by atoms with van der Waals surface area (Å²) in [5.74, 6) is 0.164. The van der Waals surface area contributed by atoms with Crippen LogP contribution in [0.25, 0.3) is 0 Å². The first-order valence-corrected chi connectivity index (χ1v) is 5.10. The van der Waals surface area contributed by atoms with Gasteiger partial charge in [0.2, 0.25) is 0 Å². The highest BCUT2D eigenvalue weighted by molar-refractivity contribution is 5.75. The van der Waals surface area contributed by atoms with Crippen molar-refractivity contribution in [1.82, 2.24) is 0 Å². The molecule has 14 heavy (non-hydrogen) atoms. The Balaban J connectivity index is 2.21. The Morgan fingerprint density at radius 2 is 2.36 bits per heavy atom. The number of carbonyl (C=O) groups excluding carboxylic acids is 1. The number of unbranched alkanes of at least 4 members (excludes halogenated alkanes) is 1. The first-order chi connectivity index (χ1) is 6.79. The van der Waals surface area contributed by atoms with Crippen LogP contribution in [0, 0.1) is 5.92 Å². The van der Waals surface area contributed by atoms with Gasteiger partial charge in [-0.25, -0.2) is 4.79 Å². The monoisotopic (exact) mass is 198 g/mol. The molecule has 1 atom stereocenters.